The number of pyridine rings is 1. The number of benzene rings is 1. The van der Waals surface area contributed by atoms with Crippen molar-refractivity contribution < 1.29 is 14.7 Å². The van der Waals surface area contributed by atoms with E-state index < -0.39 is 5.97 Å². The molecule has 5 heteroatoms. The van der Waals surface area contributed by atoms with Crippen molar-refractivity contribution in [1.82, 2.24) is 4.98 Å². The summed E-state index contributed by atoms with van der Waals surface area (Å²) in [5.41, 5.74) is 1.07. The van der Waals surface area contributed by atoms with Crippen LogP contribution in [0.2, 0.25) is 0 Å². The molecule has 0 unspecified atom stereocenters. The van der Waals surface area contributed by atoms with E-state index in [-0.39, 0.29) is 5.91 Å². The molecule has 2 rings (SSSR count). The maximum Gasteiger partial charge on any atom is 0.328 e. The third-order valence-electron chi connectivity index (χ3n) is 2.47. The highest BCUT2D eigenvalue weighted by molar-refractivity contribution is 6.04. The van der Waals surface area contributed by atoms with Crippen molar-refractivity contribution in [2.45, 2.75) is 0 Å². The number of nitrogens with one attached hydrogen (secondary N) is 1. The molecular formula is C15H12N2O3. The Labute approximate surface area is 115 Å². The number of carbonyl (C=O) groups is 2. The van der Waals surface area contributed by atoms with E-state index in [0.717, 1.165) is 6.08 Å². The Morgan fingerprint density at radius 3 is 2.70 bits per heavy atom. The molecule has 1 aromatic heterocycles. The van der Waals surface area contributed by atoms with Gasteiger partial charge < -0.3 is 10.4 Å². The van der Waals surface area contributed by atoms with E-state index in [2.05, 4.69) is 10.3 Å². The standard InChI is InChI=1S/C15H12N2O3/c18-14(19)8-7-11-4-3-5-12(10-11)15(20)17-13-6-1-2-9-16-13/h1-10H,(H,18,19)(H,16,17,20). The molecule has 1 heterocycles. The van der Waals surface area contributed by atoms with Crippen LogP contribution in [0.5, 0.6) is 0 Å². The average Bonchev–Trinajstić information content (AvgIpc) is 2.46. The van der Waals surface area contributed by atoms with Gasteiger partial charge in [0.05, 0.1) is 0 Å². The first kappa shape index (κ1) is 13.5. The zero-order valence-electron chi connectivity index (χ0n) is 10.5. The Morgan fingerprint density at radius 1 is 1.15 bits per heavy atom. The molecule has 0 aliphatic heterocycles. The molecule has 0 spiro atoms. The Hall–Kier alpha value is -2.95. The van der Waals surface area contributed by atoms with Crippen molar-refractivity contribution in [3.8, 4) is 0 Å². The van der Waals surface area contributed by atoms with Gasteiger partial charge in [-0.2, -0.15) is 0 Å². The number of carbonyl (C=O) groups excluding carboxylic acids is 1. The molecule has 20 heavy (non-hydrogen) atoms. The minimum Gasteiger partial charge on any atom is -0.478 e. The second kappa shape index (κ2) is 6.29. The molecule has 100 valence electrons. The topological polar surface area (TPSA) is 79.3 Å². The van der Waals surface area contributed by atoms with Gasteiger partial charge in [0.25, 0.3) is 5.91 Å². The van der Waals surface area contributed by atoms with Crippen molar-refractivity contribution in [3.63, 3.8) is 0 Å². The molecule has 0 saturated heterocycles. The van der Waals surface area contributed by atoms with Gasteiger partial charge >= 0.3 is 5.97 Å². The first-order valence-electron chi connectivity index (χ1n) is 5.88. The van der Waals surface area contributed by atoms with Crippen LogP contribution in [-0.4, -0.2) is 22.0 Å². The van der Waals surface area contributed by atoms with E-state index in [4.69, 9.17) is 5.11 Å². The lowest BCUT2D eigenvalue weighted by atomic mass is 10.1. The fourth-order valence-corrected chi connectivity index (χ4v) is 1.58. The number of hydrogen-bond donors (Lipinski definition) is 2. The van der Waals surface area contributed by atoms with Crippen LogP contribution in [0.25, 0.3) is 6.08 Å². The minimum absolute atomic E-state index is 0.297. The molecule has 0 bridgehead atoms. The van der Waals surface area contributed by atoms with Crippen LogP contribution in [0.1, 0.15) is 15.9 Å². The molecule has 1 aromatic carbocycles. The third kappa shape index (κ3) is 3.78. The van der Waals surface area contributed by atoms with Gasteiger partial charge in [-0.1, -0.05) is 18.2 Å². The molecule has 0 radical (unpaired) electrons. The molecule has 2 N–H and O–H groups in total. The smallest absolute Gasteiger partial charge is 0.328 e. The fraction of sp³-hybridized carbons (Fsp3) is 0. The van der Waals surface area contributed by atoms with Crippen LogP contribution in [-0.2, 0) is 4.79 Å². The van der Waals surface area contributed by atoms with Crippen LogP contribution in [0, 0.1) is 0 Å². The van der Waals surface area contributed by atoms with E-state index in [1.807, 2.05) is 0 Å². The highest BCUT2D eigenvalue weighted by Gasteiger charge is 2.06. The predicted molar refractivity (Wildman–Crippen MR) is 75.3 cm³/mol. The number of aromatic nitrogens is 1. The summed E-state index contributed by atoms with van der Waals surface area (Å²) >= 11 is 0. The second-order valence-corrected chi connectivity index (χ2v) is 3.97. The van der Waals surface area contributed by atoms with Gasteiger partial charge in [0.2, 0.25) is 0 Å². The van der Waals surface area contributed by atoms with Crippen molar-refractivity contribution in [2.75, 3.05) is 5.32 Å². The monoisotopic (exact) mass is 268 g/mol. The first-order chi connectivity index (χ1) is 9.65. The zero-order valence-corrected chi connectivity index (χ0v) is 10.5. The van der Waals surface area contributed by atoms with E-state index in [1.54, 1.807) is 48.7 Å². The lowest BCUT2D eigenvalue weighted by Crippen LogP contribution is -2.12. The van der Waals surface area contributed by atoms with E-state index in [9.17, 15) is 9.59 Å². The lowest BCUT2D eigenvalue weighted by Gasteiger charge is -2.04. The maximum absolute atomic E-state index is 12.0. The Balaban J connectivity index is 2.14. The molecule has 0 atom stereocenters. The van der Waals surface area contributed by atoms with Crippen molar-refractivity contribution >= 4 is 23.8 Å². The SMILES string of the molecule is O=C(O)C=Cc1cccc(C(=O)Nc2ccccn2)c1. The Bertz CT molecular complexity index is 651. The Kier molecular flexibility index (Phi) is 4.24. The van der Waals surface area contributed by atoms with Gasteiger partial charge in [0.1, 0.15) is 5.82 Å². The van der Waals surface area contributed by atoms with Gasteiger partial charge in [0, 0.05) is 17.8 Å². The molecule has 2 aromatic rings. The predicted octanol–water partition coefficient (Wildman–Crippen LogP) is 2.43. The van der Waals surface area contributed by atoms with E-state index in [0.29, 0.717) is 16.9 Å². The van der Waals surface area contributed by atoms with Gasteiger partial charge in [-0.15, -0.1) is 0 Å². The summed E-state index contributed by atoms with van der Waals surface area (Å²) in [5, 5.41) is 11.2. The largest absolute Gasteiger partial charge is 0.478 e. The second-order valence-electron chi connectivity index (χ2n) is 3.97. The number of amides is 1. The third-order valence-corrected chi connectivity index (χ3v) is 2.47. The molecule has 0 aliphatic rings. The van der Waals surface area contributed by atoms with Gasteiger partial charge in [0.15, 0.2) is 0 Å². The number of nitrogens with zero attached hydrogens (tertiary/aromatic N) is 1. The summed E-state index contributed by atoms with van der Waals surface area (Å²) in [4.78, 5) is 26.5. The molecule has 0 aliphatic carbocycles. The molecule has 1 amide bonds. The van der Waals surface area contributed by atoms with Crippen LogP contribution in [0.15, 0.2) is 54.7 Å². The van der Waals surface area contributed by atoms with E-state index >= 15 is 0 Å². The summed E-state index contributed by atoms with van der Waals surface area (Å²) in [7, 11) is 0. The summed E-state index contributed by atoms with van der Waals surface area (Å²) in [6, 6.07) is 11.9. The molecule has 0 saturated carbocycles. The molecular weight excluding hydrogens is 256 g/mol. The lowest BCUT2D eigenvalue weighted by molar-refractivity contribution is -0.131. The van der Waals surface area contributed by atoms with Gasteiger partial charge in [-0.3, -0.25) is 4.79 Å². The Morgan fingerprint density at radius 2 is 2.00 bits per heavy atom. The highest BCUT2D eigenvalue weighted by Crippen LogP contribution is 2.10. The van der Waals surface area contributed by atoms with Crippen LogP contribution in [0.3, 0.4) is 0 Å². The number of carboxylic acids is 1. The molecule has 0 fully saturated rings. The van der Waals surface area contributed by atoms with E-state index in [1.165, 1.54) is 6.08 Å². The summed E-state index contributed by atoms with van der Waals surface area (Å²) in [6.45, 7) is 0. The number of hydrogen-bond acceptors (Lipinski definition) is 3. The van der Waals surface area contributed by atoms with Crippen LogP contribution < -0.4 is 5.32 Å². The van der Waals surface area contributed by atoms with Gasteiger partial charge in [-0.05, 0) is 35.9 Å². The quantitative estimate of drug-likeness (QED) is 0.835. The number of carboxylic acid groups (broad SMARTS) is 1. The zero-order chi connectivity index (χ0) is 14.4. The fourth-order valence-electron chi connectivity index (χ4n) is 1.58. The molecule has 5 nitrogen and oxygen atoms in total. The minimum atomic E-state index is -1.03. The highest BCUT2D eigenvalue weighted by atomic mass is 16.4. The maximum atomic E-state index is 12.0. The summed E-state index contributed by atoms with van der Waals surface area (Å²) in [6.07, 6.45) is 4.04. The summed E-state index contributed by atoms with van der Waals surface area (Å²) < 4.78 is 0. The van der Waals surface area contributed by atoms with Crippen molar-refractivity contribution in [1.29, 1.82) is 0 Å². The van der Waals surface area contributed by atoms with Crippen LogP contribution in [0.4, 0.5) is 5.82 Å². The normalized spacial score (nSPS) is 10.4. The van der Waals surface area contributed by atoms with Crippen molar-refractivity contribution in [3.05, 3.63) is 65.9 Å². The van der Waals surface area contributed by atoms with Crippen LogP contribution >= 0.6 is 0 Å². The number of rotatable bonds is 4. The van der Waals surface area contributed by atoms with Gasteiger partial charge in [-0.25, -0.2) is 9.78 Å². The summed E-state index contributed by atoms with van der Waals surface area (Å²) in [5.74, 6) is -0.869. The van der Waals surface area contributed by atoms with Crippen molar-refractivity contribution in [2.24, 2.45) is 0 Å². The number of anilines is 1. The number of aliphatic carboxylic acids is 1. The average molecular weight is 268 g/mol. The first-order valence-corrected chi connectivity index (χ1v) is 5.88.